The van der Waals surface area contributed by atoms with Crippen molar-refractivity contribution in [2.24, 2.45) is 11.8 Å². The maximum Gasteiger partial charge on any atom is 0.407 e. The average molecular weight is 764 g/mol. The summed E-state index contributed by atoms with van der Waals surface area (Å²) in [7, 11) is 2.57. The maximum absolute atomic E-state index is 13.7. The lowest BCUT2D eigenvalue weighted by atomic mass is 9.91. The van der Waals surface area contributed by atoms with Gasteiger partial charge in [-0.2, -0.15) is 0 Å². The molecule has 0 bridgehead atoms. The summed E-state index contributed by atoms with van der Waals surface area (Å²) >= 11 is 0. The van der Waals surface area contributed by atoms with E-state index in [1.54, 1.807) is 4.90 Å². The van der Waals surface area contributed by atoms with Gasteiger partial charge >= 0.3 is 12.2 Å². The SMILES string of the molecule is COC(=O)N[C@H](C(=O)N1CCC[C@H]1c1nc2c([nH]1)-c1ccc(C#Cc3ccc4nc([C@@H]5CCCN5C(=O)[C@@H](NC(=O)OC)C(C)C)[nH]c4n3)cc1CC2)C(C)C. The molecule has 7 rings (SSSR count). The third-order valence-corrected chi connectivity index (χ3v) is 11.0. The Kier molecular flexibility index (Phi) is 11.0. The van der Waals surface area contributed by atoms with Crippen molar-refractivity contribution in [3.63, 3.8) is 0 Å². The van der Waals surface area contributed by atoms with E-state index in [4.69, 9.17) is 24.4 Å². The zero-order valence-electron chi connectivity index (χ0n) is 32.7. The average Bonchev–Trinajstić information content (AvgIpc) is 4.02. The Morgan fingerprint density at radius 2 is 1.38 bits per heavy atom. The fraction of sp³-hybridized carbons (Fsp3) is 0.488. The number of H-pyrrole nitrogens is 2. The van der Waals surface area contributed by atoms with E-state index in [0.29, 0.717) is 35.8 Å². The lowest BCUT2D eigenvalue weighted by molar-refractivity contribution is -0.136. The van der Waals surface area contributed by atoms with Crippen LogP contribution in [-0.2, 0) is 31.9 Å². The van der Waals surface area contributed by atoms with Gasteiger partial charge in [-0.1, -0.05) is 39.7 Å². The van der Waals surface area contributed by atoms with Gasteiger partial charge in [0.15, 0.2) is 5.65 Å². The van der Waals surface area contributed by atoms with Crippen molar-refractivity contribution in [3.05, 3.63) is 64.5 Å². The third-order valence-electron chi connectivity index (χ3n) is 11.0. The van der Waals surface area contributed by atoms with Crippen molar-refractivity contribution in [1.82, 2.24) is 45.4 Å². The van der Waals surface area contributed by atoms with E-state index in [1.165, 1.54) is 19.8 Å². The highest BCUT2D eigenvalue weighted by molar-refractivity contribution is 5.87. The number of likely N-dealkylation sites (tertiary alicyclic amines) is 2. The molecular weight excluding hydrogens is 715 g/mol. The number of aromatic nitrogens is 5. The molecule has 0 radical (unpaired) electrons. The molecule has 4 aromatic rings. The van der Waals surface area contributed by atoms with Gasteiger partial charge in [0.05, 0.1) is 37.7 Å². The van der Waals surface area contributed by atoms with Gasteiger partial charge in [0, 0.05) is 24.2 Å². The largest absolute Gasteiger partial charge is 0.453 e. The molecule has 5 heterocycles. The van der Waals surface area contributed by atoms with Crippen LogP contribution in [0.3, 0.4) is 0 Å². The zero-order valence-corrected chi connectivity index (χ0v) is 32.7. The van der Waals surface area contributed by atoms with Crippen LogP contribution in [0.1, 0.15) is 99.6 Å². The first kappa shape index (κ1) is 38.4. The number of rotatable bonds is 8. The summed E-state index contributed by atoms with van der Waals surface area (Å²) in [6.07, 6.45) is 3.52. The number of pyridine rings is 1. The summed E-state index contributed by atoms with van der Waals surface area (Å²) < 4.78 is 9.53. The minimum Gasteiger partial charge on any atom is -0.453 e. The second-order valence-electron chi connectivity index (χ2n) is 15.3. The number of ether oxygens (including phenoxy) is 2. The molecule has 4 N–H and O–H groups in total. The van der Waals surface area contributed by atoms with E-state index in [9.17, 15) is 19.2 Å². The van der Waals surface area contributed by atoms with Crippen molar-refractivity contribution >= 4 is 35.2 Å². The summed E-state index contributed by atoms with van der Waals surface area (Å²) in [6.45, 7) is 8.75. The molecule has 4 amide bonds. The number of benzene rings is 1. The van der Waals surface area contributed by atoms with E-state index in [1.807, 2.05) is 50.8 Å². The number of methoxy groups -OCH3 is 2. The van der Waals surface area contributed by atoms with Crippen LogP contribution in [0.2, 0.25) is 0 Å². The second-order valence-corrected chi connectivity index (χ2v) is 15.3. The highest BCUT2D eigenvalue weighted by Gasteiger charge is 2.39. The summed E-state index contributed by atoms with van der Waals surface area (Å²) in [5.41, 5.74) is 6.92. The molecule has 0 spiro atoms. The molecule has 4 atom stereocenters. The smallest absolute Gasteiger partial charge is 0.407 e. The Bertz CT molecular complexity index is 2210. The molecule has 2 fully saturated rings. The molecule has 2 aliphatic heterocycles. The Morgan fingerprint density at radius 3 is 1.96 bits per heavy atom. The summed E-state index contributed by atoms with van der Waals surface area (Å²) in [6, 6.07) is 8.04. The van der Waals surface area contributed by atoms with Crippen molar-refractivity contribution < 1.29 is 28.7 Å². The van der Waals surface area contributed by atoms with Gasteiger partial charge in [-0.25, -0.2) is 24.5 Å². The fourth-order valence-electron chi connectivity index (χ4n) is 8.03. The molecular formula is C41H49N9O6. The predicted molar refractivity (Wildman–Crippen MR) is 207 cm³/mol. The Hall–Kier alpha value is -5.91. The number of nitrogens with one attached hydrogen (secondary N) is 4. The lowest BCUT2D eigenvalue weighted by Crippen LogP contribution is -2.51. The minimum atomic E-state index is -0.711. The topological polar surface area (TPSA) is 188 Å². The molecule has 0 saturated carbocycles. The van der Waals surface area contributed by atoms with Gasteiger partial charge in [0.2, 0.25) is 11.8 Å². The van der Waals surface area contributed by atoms with E-state index in [0.717, 1.165) is 66.9 Å². The van der Waals surface area contributed by atoms with Crippen LogP contribution in [0.5, 0.6) is 0 Å². The van der Waals surface area contributed by atoms with Crippen LogP contribution < -0.4 is 10.6 Å². The predicted octanol–water partition coefficient (Wildman–Crippen LogP) is 4.93. The number of imidazole rings is 2. The molecule has 3 aliphatic rings. The van der Waals surface area contributed by atoms with Gasteiger partial charge in [-0.15, -0.1) is 0 Å². The van der Waals surface area contributed by atoms with Crippen LogP contribution >= 0.6 is 0 Å². The van der Waals surface area contributed by atoms with E-state index < -0.39 is 24.3 Å². The first-order valence-electron chi connectivity index (χ1n) is 19.4. The number of nitrogens with zero attached hydrogens (tertiary/aromatic N) is 5. The number of hydrogen-bond donors (Lipinski definition) is 4. The monoisotopic (exact) mass is 763 g/mol. The number of alkyl carbamates (subject to hydrolysis) is 2. The van der Waals surface area contributed by atoms with E-state index in [-0.39, 0.29) is 35.7 Å². The van der Waals surface area contributed by atoms with E-state index >= 15 is 0 Å². The molecule has 15 nitrogen and oxygen atoms in total. The van der Waals surface area contributed by atoms with Crippen LogP contribution in [-0.4, -0.2) is 98.1 Å². The van der Waals surface area contributed by atoms with Gasteiger partial charge in [-0.05, 0) is 86.1 Å². The molecule has 56 heavy (non-hydrogen) atoms. The standard InChI is InChI=1S/C41H49N9O6/c1-22(2)32(46-40(53)55-5)38(51)49-19-7-9-30(49)36-43-28-17-13-25-21-24(12-16-27(25)34(28)45-36)11-14-26-15-18-29-35(42-26)48-37(44-29)31-10-8-20-50(31)39(52)33(23(3)4)47-41(54)56-6/h12,15-16,18,21-23,30-33H,7-10,13,17,19-20H2,1-6H3,(H,43,45)(H,46,53)(H,47,54)(H,42,44,48)/t30-,31-,32-,33-/m0/s1. The number of aromatic amines is 2. The highest BCUT2D eigenvalue weighted by Crippen LogP contribution is 2.38. The van der Waals surface area contributed by atoms with Crippen molar-refractivity contribution in [2.75, 3.05) is 27.3 Å². The normalized spacial score (nSPS) is 18.6. The van der Waals surface area contributed by atoms with Crippen LogP contribution in [0.15, 0.2) is 30.3 Å². The van der Waals surface area contributed by atoms with Crippen molar-refractivity contribution in [2.45, 2.75) is 90.4 Å². The lowest BCUT2D eigenvalue weighted by Gasteiger charge is -2.30. The number of aryl methyl sites for hydroxylation is 2. The molecule has 1 aromatic carbocycles. The number of fused-ring (bicyclic) bond motifs is 4. The minimum absolute atomic E-state index is 0.108. The summed E-state index contributed by atoms with van der Waals surface area (Å²) in [4.78, 5) is 76.2. The molecule has 3 aromatic heterocycles. The molecule has 0 unspecified atom stereocenters. The zero-order chi connectivity index (χ0) is 39.7. The number of carbonyl (C=O) groups is 4. The first-order chi connectivity index (χ1) is 26.9. The van der Waals surface area contributed by atoms with Gasteiger partial charge < -0.3 is 39.9 Å². The van der Waals surface area contributed by atoms with E-state index in [2.05, 4.69) is 44.6 Å². The van der Waals surface area contributed by atoms with Crippen molar-refractivity contribution in [3.8, 4) is 23.1 Å². The molecule has 294 valence electrons. The maximum atomic E-state index is 13.7. The Morgan fingerprint density at radius 1 is 0.768 bits per heavy atom. The Balaban J connectivity index is 1.06. The molecule has 2 saturated heterocycles. The van der Waals surface area contributed by atoms with Gasteiger partial charge in [0.1, 0.15) is 34.9 Å². The van der Waals surface area contributed by atoms with Crippen LogP contribution in [0.4, 0.5) is 9.59 Å². The number of carbonyl (C=O) groups excluding carboxylic acids is 4. The molecule has 1 aliphatic carbocycles. The summed E-state index contributed by atoms with van der Waals surface area (Å²) in [5, 5.41) is 5.40. The number of hydrogen-bond acceptors (Lipinski definition) is 9. The second kappa shape index (κ2) is 16.1. The Labute approximate surface area is 325 Å². The van der Waals surface area contributed by atoms with Crippen molar-refractivity contribution in [1.29, 1.82) is 0 Å². The third kappa shape index (κ3) is 7.65. The highest BCUT2D eigenvalue weighted by atomic mass is 16.5. The first-order valence-corrected chi connectivity index (χ1v) is 19.4. The van der Waals surface area contributed by atoms with Crippen LogP contribution in [0.25, 0.3) is 22.4 Å². The molecule has 15 heteroatoms. The number of amides is 4. The van der Waals surface area contributed by atoms with Gasteiger partial charge in [-0.3, -0.25) is 9.59 Å². The fourth-order valence-corrected chi connectivity index (χ4v) is 8.03. The van der Waals surface area contributed by atoms with Gasteiger partial charge in [0.25, 0.3) is 0 Å². The van der Waals surface area contributed by atoms with Crippen LogP contribution in [0, 0.1) is 23.7 Å². The summed E-state index contributed by atoms with van der Waals surface area (Å²) in [5.74, 6) is 7.38. The quantitative estimate of drug-likeness (QED) is 0.181.